The van der Waals surface area contributed by atoms with Crippen LogP contribution in [-0.2, 0) is 50.7 Å². The molecule has 3 rings (SSSR count). The van der Waals surface area contributed by atoms with Crippen molar-refractivity contribution in [3.8, 4) is 0 Å². The molecule has 1 aliphatic rings. The van der Waals surface area contributed by atoms with Crippen molar-refractivity contribution in [2.45, 2.75) is 141 Å². The van der Waals surface area contributed by atoms with E-state index in [2.05, 4.69) is 41.3 Å². The number of rotatable bonds is 32. The number of imidazole rings is 1. The molecule has 366 valence electrons. The number of nitrogen functional groups attached to an aromatic ring is 1. The third kappa shape index (κ3) is 19.8. The van der Waals surface area contributed by atoms with Crippen LogP contribution in [0.25, 0.3) is 11.2 Å². The fourth-order valence-electron chi connectivity index (χ4n) is 6.48. The number of carbonyl (C=O) groups excluding carboxylic acids is 3. The maximum absolute atomic E-state index is 12.7. The molecule has 64 heavy (non-hydrogen) atoms. The molecule has 2 aromatic rings. The minimum absolute atomic E-state index is 0.0336. The Bertz CT molecular complexity index is 1940. The highest BCUT2D eigenvalue weighted by Crippen LogP contribution is 2.61. The predicted molar refractivity (Wildman–Crippen MR) is 233 cm³/mol. The van der Waals surface area contributed by atoms with Gasteiger partial charge < -0.3 is 50.9 Å². The Morgan fingerprint density at radius 1 is 0.891 bits per heavy atom. The van der Waals surface area contributed by atoms with E-state index >= 15 is 0 Å². The number of nitrogens with zero attached hydrogens (tertiary/aromatic N) is 4. The summed E-state index contributed by atoms with van der Waals surface area (Å²) in [6.45, 7) is 2.80. The van der Waals surface area contributed by atoms with Gasteiger partial charge in [0.2, 0.25) is 11.8 Å². The van der Waals surface area contributed by atoms with E-state index in [4.69, 9.17) is 19.5 Å². The summed E-state index contributed by atoms with van der Waals surface area (Å²) in [4.78, 5) is 88.2. The lowest BCUT2D eigenvalue weighted by Gasteiger charge is -2.30. The lowest BCUT2D eigenvalue weighted by molar-refractivity contribution is -0.137. The van der Waals surface area contributed by atoms with Crippen molar-refractivity contribution < 1.29 is 80.5 Å². The standard InChI is InChI=1S/C36H64N7O17P3S/c1-4-5-6-7-8-9-10-11-12-13-14-15-16-27(45)64-20-19-38-26(44)17-18-39-34(48)31(47)36(2,3)22-57-63(54,55)60-62(52,53)56-21-25-30(59-61(49,50)51)29(46)35(58-25)43-24-42-28-32(37)40-23-41-33(28)43/h23-25,29-31,35,46-47H,4-22H2,1-3H3,(H,38,44)(H,39,48)(H,52,53)(H,54,55)(H2,37,40,41)(H2,49,50,51)/t25-,29?,30?,31+,35-/m1/s1. The van der Waals surface area contributed by atoms with Crippen LogP contribution in [0, 0.1) is 5.41 Å². The van der Waals surface area contributed by atoms with E-state index in [-0.39, 0.29) is 41.6 Å². The van der Waals surface area contributed by atoms with Crippen molar-refractivity contribution in [1.29, 1.82) is 0 Å². The third-order valence-electron chi connectivity index (χ3n) is 10.00. The van der Waals surface area contributed by atoms with Gasteiger partial charge in [0, 0.05) is 37.1 Å². The minimum Gasteiger partial charge on any atom is -0.386 e. The number of fused-ring (bicyclic) bond motifs is 1. The highest BCUT2D eigenvalue weighted by Gasteiger charge is 2.50. The van der Waals surface area contributed by atoms with Gasteiger partial charge in [-0.2, -0.15) is 4.31 Å². The van der Waals surface area contributed by atoms with Crippen LogP contribution < -0.4 is 16.4 Å². The zero-order chi connectivity index (χ0) is 47.6. The molecule has 10 N–H and O–H groups in total. The monoisotopic (exact) mass is 991 g/mol. The number of phosphoric acid groups is 3. The van der Waals surface area contributed by atoms with Crippen LogP contribution in [0.3, 0.4) is 0 Å². The Kier molecular flexibility index (Phi) is 23.4. The van der Waals surface area contributed by atoms with E-state index in [1.807, 2.05) is 0 Å². The second-order valence-corrected chi connectivity index (χ2v) is 21.3. The summed E-state index contributed by atoms with van der Waals surface area (Å²) in [5.74, 6) is -1.02. The van der Waals surface area contributed by atoms with Gasteiger partial charge in [0.15, 0.2) is 22.8 Å². The van der Waals surface area contributed by atoms with Gasteiger partial charge in [0.25, 0.3) is 0 Å². The molecule has 0 aromatic carbocycles. The molecule has 0 aliphatic carbocycles. The Hall–Kier alpha value is -2.44. The number of aliphatic hydroxyl groups is 2. The molecule has 0 bridgehead atoms. The lowest BCUT2D eigenvalue weighted by Crippen LogP contribution is -2.46. The average Bonchev–Trinajstić information content (AvgIpc) is 3.78. The van der Waals surface area contributed by atoms with Crippen LogP contribution >= 0.6 is 35.2 Å². The van der Waals surface area contributed by atoms with Crippen molar-refractivity contribution in [1.82, 2.24) is 30.2 Å². The Labute approximate surface area is 376 Å². The summed E-state index contributed by atoms with van der Waals surface area (Å²) >= 11 is 1.15. The van der Waals surface area contributed by atoms with Crippen molar-refractivity contribution in [2.75, 3.05) is 37.8 Å². The quantitative estimate of drug-likeness (QED) is 0.0372. The Morgan fingerprint density at radius 3 is 2.12 bits per heavy atom. The largest absolute Gasteiger partial charge is 0.481 e. The van der Waals surface area contributed by atoms with E-state index < -0.39 is 84.6 Å². The first-order valence-corrected chi connectivity index (χ1v) is 26.6. The lowest BCUT2D eigenvalue weighted by atomic mass is 9.87. The van der Waals surface area contributed by atoms with Crippen molar-refractivity contribution in [2.24, 2.45) is 5.41 Å². The summed E-state index contributed by atoms with van der Waals surface area (Å²) < 4.78 is 62.4. The van der Waals surface area contributed by atoms with Crippen LogP contribution in [0.15, 0.2) is 12.7 Å². The highest BCUT2D eigenvalue weighted by molar-refractivity contribution is 8.13. The van der Waals surface area contributed by atoms with Gasteiger partial charge in [-0.05, 0) is 6.42 Å². The second kappa shape index (κ2) is 26.8. The molecule has 1 fully saturated rings. The van der Waals surface area contributed by atoms with Gasteiger partial charge in [-0.1, -0.05) is 103 Å². The zero-order valence-corrected chi connectivity index (χ0v) is 39.8. The van der Waals surface area contributed by atoms with E-state index in [1.54, 1.807) is 0 Å². The maximum Gasteiger partial charge on any atom is 0.481 e. The summed E-state index contributed by atoms with van der Waals surface area (Å²) in [7, 11) is -16.4. The van der Waals surface area contributed by atoms with Crippen molar-refractivity contribution in [3.63, 3.8) is 0 Å². The first-order valence-electron chi connectivity index (χ1n) is 21.1. The summed E-state index contributed by atoms with van der Waals surface area (Å²) in [5, 5.41) is 26.6. The number of thioether (sulfide) groups is 1. The minimum atomic E-state index is -5.57. The van der Waals surface area contributed by atoms with E-state index in [1.165, 1.54) is 71.6 Å². The SMILES string of the molecule is CCCCCCCCCCCCCCC(=O)SCCNC(=O)CCNC(=O)[C@H](O)C(C)(C)COP(=O)(O)OP(=O)(O)OC[C@H]1O[C@@H](n2cnc3c(N)ncnc32)C(O)C1OP(=O)(O)O. The molecule has 0 spiro atoms. The smallest absolute Gasteiger partial charge is 0.386 e. The number of unbranched alkanes of at least 4 members (excludes halogenated alkanes) is 11. The molecule has 7 atom stereocenters. The number of ether oxygens (including phenoxy) is 1. The number of phosphoric ester groups is 3. The summed E-state index contributed by atoms with van der Waals surface area (Å²) in [6, 6.07) is 0. The number of amides is 2. The number of nitrogens with one attached hydrogen (secondary N) is 2. The number of anilines is 1. The number of carbonyl (C=O) groups is 3. The molecule has 4 unspecified atom stereocenters. The Balaban J connectivity index is 1.34. The van der Waals surface area contributed by atoms with Crippen LogP contribution in [0.2, 0.25) is 0 Å². The molecule has 3 heterocycles. The van der Waals surface area contributed by atoms with Gasteiger partial charge in [-0.3, -0.25) is 32.5 Å². The molecule has 1 aliphatic heterocycles. The molecule has 0 saturated carbocycles. The maximum atomic E-state index is 12.7. The van der Waals surface area contributed by atoms with Gasteiger partial charge in [-0.15, -0.1) is 0 Å². The number of nitrogens with two attached hydrogens (primary N) is 1. The second-order valence-electron chi connectivity index (χ2n) is 15.9. The van der Waals surface area contributed by atoms with E-state index in [9.17, 15) is 57.9 Å². The average molecular weight is 992 g/mol. The fraction of sp³-hybridized carbons (Fsp3) is 0.778. The third-order valence-corrected chi connectivity index (χ3v) is 14.0. The number of hydrogen-bond donors (Lipinski definition) is 9. The predicted octanol–water partition coefficient (Wildman–Crippen LogP) is 3.76. The first-order chi connectivity index (χ1) is 30.1. The number of aromatic nitrogens is 4. The molecule has 2 aromatic heterocycles. The van der Waals surface area contributed by atoms with E-state index in [0.29, 0.717) is 12.2 Å². The normalized spacial score (nSPS) is 20.5. The number of hydrogen-bond acceptors (Lipinski definition) is 18. The fourth-order valence-corrected chi connectivity index (χ4v) is 10.0. The Morgan fingerprint density at radius 2 is 1.50 bits per heavy atom. The van der Waals surface area contributed by atoms with Gasteiger partial charge in [0.1, 0.15) is 36.3 Å². The highest BCUT2D eigenvalue weighted by atomic mass is 32.2. The molecule has 0 radical (unpaired) electrons. The zero-order valence-electron chi connectivity index (χ0n) is 36.3. The van der Waals surface area contributed by atoms with Gasteiger partial charge in [-0.25, -0.2) is 28.6 Å². The molecule has 2 amide bonds. The summed E-state index contributed by atoms with van der Waals surface area (Å²) in [5.41, 5.74) is 4.29. The van der Waals surface area contributed by atoms with Crippen molar-refractivity contribution >= 4 is 69.1 Å². The van der Waals surface area contributed by atoms with Crippen LogP contribution in [0.5, 0.6) is 0 Å². The van der Waals surface area contributed by atoms with Gasteiger partial charge in [0.05, 0.1) is 19.5 Å². The molecule has 24 nitrogen and oxygen atoms in total. The van der Waals surface area contributed by atoms with Crippen molar-refractivity contribution in [3.05, 3.63) is 12.7 Å². The van der Waals surface area contributed by atoms with Crippen LogP contribution in [0.4, 0.5) is 5.82 Å². The summed E-state index contributed by atoms with van der Waals surface area (Å²) in [6.07, 6.45) is 8.13. The molecular formula is C36H64N7O17P3S. The first kappa shape index (κ1) is 55.9. The van der Waals surface area contributed by atoms with Gasteiger partial charge >= 0.3 is 23.5 Å². The van der Waals surface area contributed by atoms with Crippen LogP contribution in [-0.4, -0.2) is 123 Å². The topological polar surface area (TPSA) is 364 Å². The molecule has 28 heteroatoms. The molecular weight excluding hydrogens is 927 g/mol. The van der Waals surface area contributed by atoms with E-state index in [0.717, 1.165) is 48.2 Å². The number of aliphatic hydroxyl groups excluding tert-OH is 2. The molecule has 1 saturated heterocycles. The van der Waals surface area contributed by atoms with Crippen LogP contribution in [0.1, 0.15) is 117 Å².